The number of rotatable bonds is 7. The average molecular weight is 352 g/mol. The normalized spacial score (nSPS) is 11.4. The van der Waals surface area contributed by atoms with E-state index in [-0.39, 0.29) is 0 Å². The van der Waals surface area contributed by atoms with Crippen molar-refractivity contribution in [1.82, 2.24) is 19.2 Å². The van der Waals surface area contributed by atoms with E-state index in [4.69, 9.17) is 4.74 Å². The summed E-state index contributed by atoms with van der Waals surface area (Å²) in [6.45, 7) is 3.76. The number of aryl methyl sites for hydroxylation is 1. The van der Waals surface area contributed by atoms with Crippen LogP contribution in [0.1, 0.15) is 13.3 Å². The van der Waals surface area contributed by atoms with Crippen molar-refractivity contribution in [2.24, 2.45) is 0 Å². The third kappa shape index (κ3) is 3.09. The summed E-state index contributed by atoms with van der Waals surface area (Å²) < 4.78 is 10.2. The van der Waals surface area contributed by atoms with Gasteiger partial charge in [-0.2, -0.15) is 0 Å². The Labute approximate surface area is 150 Å². The van der Waals surface area contributed by atoms with Gasteiger partial charge in [0.25, 0.3) is 0 Å². The molecule has 0 aliphatic rings. The van der Waals surface area contributed by atoms with Gasteiger partial charge in [-0.15, -0.1) is 10.2 Å². The van der Waals surface area contributed by atoms with Gasteiger partial charge in [-0.25, -0.2) is 0 Å². The number of imidazole rings is 1. The van der Waals surface area contributed by atoms with Crippen molar-refractivity contribution in [2.45, 2.75) is 25.0 Å². The topological polar surface area (TPSA) is 44.4 Å². The molecule has 4 aromatic rings. The van der Waals surface area contributed by atoms with Gasteiger partial charge in [0, 0.05) is 12.3 Å². The van der Waals surface area contributed by atoms with Crippen molar-refractivity contribution in [2.75, 3.05) is 12.4 Å². The molecule has 0 fully saturated rings. The van der Waals surface area contributed by atoms with Crippen LogP contribution in [-0.4, -0.2) is 31.5 Å². The van der Waals surface area contributed by atoms with Crippen LogP contribution in [0.5, 0.6) is 5.75 Å². The zero-order valence-electron chi connectivity index (χ0n) is 14.1. The summed E-state index contributed by atoms with van der Waals surface area (Å²) in [4.78, 5) is 0. The fraction of sp³-hybridized carbons (Fsp3) is 0.263. The molecular formula is C19H20N4OS. The van der Waals surface area contributed by atoms with Crippen molar-refractivity contribution in [3.8, 4) is 5.75 Å². The number of hydrogen-bond acceptors (Lipinski definition) is 4. The van der Waals surface area contributed by atoms with Gasteiger partial charge in [0.15, 0.2) is 5.16 Å². The number of aromatic nitrogens is 4. The summed E-state index contributed by atoms with van der Waals surface area (Å²) >= 11 is 1.67. The number of thioether (sulfide) groups is 1. The molecule has 0 aliphatic carbocycles. The lowest BCUT2D eigenvalue weighted by atomic mass is 10.3. The van der Waals surface area contributed by atoms with Crippen LogP contribution in [0.4, 0.5) is 0 Å². The monoisotopic (exact) mass is 352 g/mol. The van der Waals surface area contributed by atoms with Gasteiger partial charge in [-0.3, -0.25) is 4.40 Å². The Kier molecular flexibility index (Phi) is 4.61. The molecule has 2 aromatic carbocycles. The van der Waals surface area contributed by atoms with Gasteiger partial charge in [0.1, 0.15) is 5.75 Å². The molecule has 0 bridgehead atoms. The molecule has 128 valence electrons. The van der Waals surface area contributed by atoms with Crippen LogP contribution in [0.3, 0.4) is 0 Å². The Balaban J connectivity index is 1.55. The minimum atomic E-state index is 0.636. The Morgan fingerprint density at radius 2 is 1.72 bits per heavy atom. The molecule has 25 heavy (non-hydrogen) atoms. The average Bonchev–Trinajstić information content (AvgIpc) is 3.20. The van der Waals surface area contributed by atoms with Gasteiger partial charge in [0.2, 0.25) is 5.78 Å². The molecule has 0 N–H and O–H groups in total. The standard InChI is InChI=1S/C19H20N4OS/c1-2-12-22-16-10-6-7-11-17(16)23-18(22)20-21-19(23)25-14-13-24-15-8-4-3-5-9-15/h3-11H,2,12-14H2,1H3. The van der Waals surface area contributed by atoms with Crippen LogP contribution in [0.2, 0.25) is 0 Å². The fourth-order valence-electron chi connectivity index (χ4n) is 2.98. The number of ether oxygens (including phenoxy) is 1. The van der Waals surface area contributed by atoms with Crippen molar-refractivity contribution in [1.29, 1.82) is 0 Å². The van der Waals surface area contributed by atoms with Crippen molar-refractivity contribution < 1.29 is 4.74 Å². The molecular weight excluding hydrogens is 332 g/mol. The maximum Gasteiger partial charge on any atom is 0.237 e. The predicted molar refractivity (Wildman–Crippen MR) is 101 cm³/mol. The predicted octanol–water partition coefficient (Wildman–Crippen LogP) is 4.27. The highest BCUT2D eigenvalue weighted by Crippen LogP contribution is 2.26. The highest BCUT2D eigenvalue weighted by Gasteiger charge is 2.16. The molecule has 2 aromatic heterocycles. The summed E-state index contributed by atoms with van der Waals surface area (Å²) in [7, 11) is 0. The highest BCUT2D eigenvalue weighted by molar-refractivity contribution is 7.99. The molecule has 0 spiro atoms. The molecule has 0 saturated carbocycles. The SMILES string of the molecule is CCCn1c2ccccc2n2c(SCCOc3ccccc3)nnc12. The second kappa shape index (κ2) is 7.19. The Morgan fingerprint density at radius 3 is 2.52 bits per heavy atom. The molecule has 2 heterocycles. The van der Waals surface area contributed by atoms with Gasteiger partial charge in [-0.05, 0) is 30.7 Å². The summed E-state index contributed by atoms with van der Waals surface area (Å²) in [6, 6.07) is 18.3. The van der Waals surface area contributed by atoms with E-state index in [0.29, 0.717) is 6.61 Å². The minimum absolute atomic E-state index is 0.636. The lowest BCUT2D eigenvalue weighted by Crippen LogP contribution is -2.00. The van der Waals surface area contributed by atoms with E-state index in [1.54, 1.807) is 11.8 Å². The summed E-state index contributed by atoms with van der Waals surface area (Å²) in [5, 5.41) is 9.73. The Morgan fingerprint density at radius 1 is 0.960 bits per heavy atom. The number of nitrogens with zero attached hydrogens (tertiary/aromatic N) is 4. The van der Waals surface area contributed by atoms with Crippen LogP contribution in [0.15, 0.2) is 59.8 Å². The van der Waals surface area contributed by atoms with Crippen LogP contribution in [0.25, 0.3) is 16.8 Å². The zero-order valence-corrected chi connectivity index (χ0v) is 14.9. The minimum Gasteiger partial charge on any atom is -0.493 e. The summed E-state index contributed by atoms with van der Waals surface area (Å²) in [5.74, 6) is 2.63. The van der Waals surface area contributed by atoms with E-state index in [1.807, 2.05) is 30.3 Å². The lowest BCUT2D eigenvalue weighted by molar-refractivity contribution is 0.344. The first-order valence-corrected chi connectivity index (χ1v) is 9.50. The first-order chi connectivity index (χ1) is 12.4. The lowest BCUT2D eigenvalue weighted by Gasteiger charge is -2.04. The van der Waals surface area contributed by atoms with Crippen LogP contribution in [-0.2, 0) is 6.54 Å². The number of para-hydroxylation sites is 3. The zero-order chi connectivity index (χ0) is 17.1. The van der Waals surface area contributed by atoms with Crippen LogP contribution in [0, 0.1) is 0 Å². The summed E-state index contributed by atoms with van der Waals surface area (Å²) in [6.07, 6.45) is 1.06. The first kappa shape index (κ1) is 16.0. The third-order valence-corrected chi connectivity index (χ3v) is 4.94. The van der Waals surface area contributed by atoms with Gasteiger partial charge in [0.05, 0.1) is 17.6 Å². The van der Waals surface area contributed by atoms with Crippen molar-refractivity contribution in [3.63, 3.8) is 0 Å². The van der Waals surface area contributed by atoms with Gasteiger partial charge in [-0.1, -0.05) is 49.0 Å². The quantitative estimate of drug-likeness (QED) is 0.368. The fourth-order valence-corrected chi connectivity index (χ4v) is 3.74. The largest absolute Gasteiger partial charge is 0.493 e. The molecule has 0 aliphatic heterocycles. The molecule has 4 rings (SSSR count). The van der Waals surface area contributed by atoms with E-state index in [2.05, 4.69) is 50.4 Å². The third-order valence-electron chi connectivity index (χ3n) is 4.04. The molecule has 0 atom stereocenters. The van der Waals surface area contributed by atoms with E-state index in [1.165, 1.54) is 5.52 Å². The van der Waals surface area contributed by atoms with E-state index in [9.17, 15) is 0 Å². The van der Waals surface area contributed by atoms with E-state index in [0.717, 1.165) is 40.9 Å². The highest BCUT2D eigenvalue weighted by atomic mass is 32.2. The number of benzene rings is 2. The molecule has 5 nitrogen and oxygen atoms in total. The maximum atomic E-state index is 5.76. The van der Waals surface area contributed by atoms with Gasteiger partial charge < -0.3 is 9.30 Å². The number of fused-ring (bicyclic) bond motifs is 3. The van der Waals surface area contributed by atoms with Crippen LogP contribution < -0.4 is 4.74 Å². The smallest absolute Gasteiger partial charge is 0.237 e. The first-order valence-electron chi connectivity index (χ1n) is 8.51. The molecule has 0 amide bonds. The molecule has 6 heteroatoms. The van der Waals surface area contributed by atoms with E-state index >= 15 is 0 Å². The summed E-state index contributed by atoms with van der Waals surface area (Å²) in [5.41, 5.74) is 2.36. The van der Waals surface area contributed by atoms with E-state index < -0.39 is 0 Å². The molecule has 0 radical (unpaired) electrons. The second-order valence-corrected chi connectivity index (χ2v) is 6.83. The Bertz CT molecular complexity index is 977. The second-order valence-electron chi connectivity index (χ2n) is 5.77. The van der Waals surface area contributed by atoms with Crippen LogP contribution >= 0.6 is 11.8 Å². The maximum absolute atomic E-state index is 5.76. The van der Waals surface area contributed by atoms with Gasteiger partial charge >= 0.3 is 0 Å². The number of hydrogen-bond donors (Lipinski definition) is 0. The Hall–Kier alpha value is -2.47. The molecule has 0 saturated heterocycles. The van der Waals surface area contributed by atoms with Crippen molar-refractivity contribution >= 4 is 28.6 Å². The molecule has 0 unspecified atom stereocenters. The van der Waals surface area contributed by atoms with Crippen molar-refractivity contribution in [3.05, 3.63) is 54.6 Å².